The summed E-state index contributed by atoms with van der Waals surface area (Å²) in [6.07, 6.45) is 0. The summed E-state index contributed by atoms with van der Waals surface area (Å²) < 4.78 is 15.9. The lowest BCUT2D eigenvalue weighted by molar-refractivity contribution is -0.145. The van der Waals surface area contributed by atoms with Crippen LogP contribution in [-0.4, -0.2) is 55.0 Å². The first-order chi connectivity index (χ1) is 16.0. The molecule has 0 unspecified atom stereocenters. The molecule has 0 aromatic heterocycles. The van der Waals surface area contributed by atoms with Gasteiger partial charge in [-0.2, -0.15) is 0 Å². The molecule has 0 aliphatic heterocycles. The van der Waals surface area contributed by atoms with Crippen molar-refractivity contribution in [2.75, 3.05) is 19.8 Å². The second kappa shape index (κ2) is 13.5. The van der Waals surface area contributed by atoms with Gasteiger partial charge in [0.15, 0.2) is 12.4 Å². The number of amidine groups is 1. The number of carbonyl (C=O) groups is 3. The Bertz CT molecular complexity index is 1020. The summed E-state index contributed by atoms with van der Waals surface area (Å²) in [6, 6.07) is 11.5. The second-order valence-electron chi connectivity index (χ2n) is 8.42. The zero-order chi connectivity index (χ0) is 25.3. The summed E-state index contributed by atoms with van der Waals surface area (Å²) in [7, 11) is 0. The van der Waals surface area contributed by atoms with Gasteiger partial charge in [-0.25, -0.2) is 4.79 Å². The van der Waals surface area contributed by atoms with E-state index >= 15 is 0 Å². The standard InChI is InChI=1S/C25H31N3O6.ClH/c1-5-32-21(29)15-33-19-12-10-16(11-13-19)22(30)20(14-34-25(2,3)4)28-24(31)18-8-6-17(7-9-18)23(26)27;/h6-13,20H,5,14-15H2,1-4H3,(H3,26,27)(H,28,31);1H/t20-;/m0./s1. The first kappa shape index (κ1) is 29.6. The average Bonchev–Trinajstić information content (AvgIpc) is 2.80. The van der Waals surface area contributed by atoms with Crippen molar-refractivity contribution in [2.45, 2.75) is 39.3 Å². The van der Waals surface area contributed by atoms with Crippen molar-refractivity contribution in [2.24, 2.45) is 5.73 Å². The number of esters is 1. The molecule has 0 heterocycles. The molecule has 10 heteroatoms. The minimum Gasteiger partial charge on any atom is -0.482 e. The van der Waals surface area contributed by atoms with Gasteiger partial charge in [0.2, 0.25) is 0 Å². The van der Waals surface area contributed by atoms with E-state index in [1.54, 1.807) is 43.3 Å². The van der Waals surface area contributed by atoms with Crippen molar-refractivity contribution in [1.82, 2.24) is 5.32 Å². The highest BCUT2D eigenvalue weighted by molar-refractivity contribution is 6.05. The fourth-order valence-corrected chi connectivity index (χ4v) is 2.82. The van der Waals surface area contributed by atoms with E-state index in [-0.39, 0.29) is 43.8 Å². The van der Waals surface area contributed by atoms with E-state index in [9.17, 15) is 14.4 Å². The van der Waals surface area contributed by atoms with Gasteiger partial charge in [0.05, 0.1) is 18.8 Å². The molecule has 0 aliphatic carbocycles. The molecule has 0 bridgehead atoms. The molecule has 2 aromatic rings. The van der Waals surface area contributed by atoms with Crippen LogP contribution in [0.4, 0.5) is 0 Å². The summed E-state index contributed by atoms with van der Waals surface area (Å²) in [4.78, 5) is 37.4. The Kier molecular flexibility index (Phi) is 11.4. The molecule has 1 atom stereocenters. The van der Waals surface area contributed by atoms with Crippen molar-refractivity contribution in [3.8, 4) is 5.75 Å². The van der Waals surface area contributed by atoms with Crippen LogP contribution in [-0.2, 0) is 14.3 Å². The molecule has 1 amide bonds. The molecule has 9 nitrogen and oxygen atoms in total. The Balaban J connectivity index is 0.00000612. The maximum Gasteiger partial charge on any atom is 0.344 e. The molecule has 35 heavy (non-hydrogen) atoms. The van der Waals surface area contributed by atoms with E-state index in [0.717, 1.165) is 0 Å². The van der Waals surface area contributed by atoms with Crippen LogP contribution >= 0.6 is 12.4 Å². The van der Waals surface area contributed by atoms with Gasteiger partial charge >= 0.3 is 5.97 Å². The van der Waals surface area contributed by atoms with Crippen molar-refractivity contribution >= 4 is 35.9 Å². The van der Waals surface area contributed by atoms with E-state index < -0.39 is 23.5 Å². The van der Waals surface area contributed by atoms with Crippen molar-refractivity contribution in [3.63, 3.8) is 0 Å². The summed E-state index contributed by atoms with van der Waals surface area (Å²) in [5.74, 6) is -0.980. The normalized spacial score (nSPS) is 11.5. The number of nitrogens with two attached hydrogens (primary N) is 1. The molecular formula is C25H32ClN3O6. The number of rotatable bonds is 11. The summed E-state index contributed by atoms with van der Waals surface area (Å²) in [6.45, 7) is 7.27. The molecule has 190 valence electrons. The minimum absolute atomic E-state index is 0. The number of carbonyl (C=O) groups excluding carboxylic acids is 3. The average molecular weight is 506 g/mol. The fraction of sp³-hybridized carbons (Fsp3) is 0.360. The number of hydrogen-bond acceptors (Lipinski definition) is 7. The lowest BCUT2D eigenvalue weighted by Crippen LogP contribution is -2.45. The summed E-state index contributed by atoms with van der Waals surface area (Å²) in [5, 5.41) is 10.2. The number of Topliss-reactive ketones (excluding diaryl/α,β-unsaturated/α-hetero) is 1. The van der Waals surface area contributed by atoms with Gasteiger partial charge in [0.1, 0.15) is 17.6 Å². The van der Waals surface area contributed by atoms with Gasteiger partial charge in [-0.3, -0.25) is 15.0 Å². The van der Waals surface area contributed by atoms with Crippen molar-refractivity contribution < 1.29 is 28.6 Å². The quantitative estimate of drug-likeness (QED) is 0.184. The highest BCUT2D eigenvalue weighted by atomic mass is 35.5. The van der Waals surface area contributed by atoms with Gasteiger partial charge in [-0.1, -0.05) is 12.1 Å². The van der Waals surface area contributed by atoms with E-state index in [4.69, 9.17) is 25.4 Å². The predicted octanol–water partition coefficient (Wildman–Crippen LogP) is 3.13. The SMILES string of the molecule is CCOC(=O)COc1ccc(C(=O)[C@H](COC(C)(C)C)NC(=O)c2ccc(C(=N)N)cc2)cc1.Cl. The number of benzene rings is 2. The van der Waals surface area contributed by atoms with Crippen LogP contribution in [0.5, 0.6) is 5.75 Å². The molecule has 0 fully saturated rings. The highest BCUT2D eigenvalue weighted by Crippen LogP contribution is 2.16. The molecule has 0 spiro atoms. The number of nitrogens with one attached hydrogen (secondary N) is 2. The van der Waals surface area contributed by atoms with Gasteiger partial charge in [0, 0.05) is 16.7 Å². The summed E-state index contributed by atoms with van der Waals surface area (Å²) >= 11 is 0. The van der Waals surface area contributed by atoms with Crippen molar-refractivity contribution in [1.29, 1.82) is 5.41 Å². The molecule has 4 N–H and O–H groups in total. The van der Waals surface area contributed by atoms with E-state index in [0.29, 0.717) is 22.4 Å². The van der Waals surface area contributed by atoms with Crippen molar-refractivity contribution in [3.05, 3.63) is 65.2 Å². The number of amides is 1. The minimum atomic E-state index is -0.939. The monoisotopic (exact) mass is 505 g/mol. The third-order valence-electron chi connectivity index (χ3n) is 4.56. The maximum atomic E-state index is 13.2. The lowest BCUT2D eigenvalue weighted by Gasteiger charge is -2.24. The van der Waals surface area contributed by atoms with Crippen LogP contribution in [0.1, 0.15) is 54.0 Å². The smallest absolute Gasteiger partial charge is 0.344 e. The van der Waals surface area contributed by atoms with E-state index in [1.807, 2.05) is 20.8 Å². The Morgan fingerprint density at radius 2 is 1.51 bits per heavy atom. The largest absolute Gasteiger partial charge is 0.482 e. The number of halogens is 1. The number of ketones is 1. The van der Waals surface area contributed by atoms with Crippen LogP contribution < -0.4 is 15.8 Å². The zero-order valence-corrected chi connectivity index (χ0v) is 21.1. The summed E-state index contributed by atoms with van der Waals surface area (Å²) in [5.41, 5.74) is 6.09. The first-order valence-electron chi connectivity index (χ1n) is 10.8. The first-order valence-corrected chi connectivity index (χ1v) is 10.8. The Hall–Kier alpha value is -3.43. The zero-order valence-electron chi connectivity index (χ0n) is 20.3. The van der Waals surface area contributed by atoms with Crippen LogP contribution in [0.3, 0.4) is 0 Å². The van der Waals surface area contributed by atoms with Gasteiger partial charge in [-0.15, -0.1) is 12.4 Å². The molecule has 0 saturated heterocycles. The second-order valence-corrected chi connectivity index (χ2v) is 8.42. The van der Waals surface area contributed by atoms with E-state index in [1.165, 1.54) is 12.1 Å². The molecule has 2 aromatic carbocycles. The maximum absolute atomic E-state index is 13.2. The number of hydrogen-bond donors (Lipinski definition) is 3. The topological polar surface area (TPSA) is 141 Å². The van der Waals surface area contributed by atoms with Gasteiger partial charge in [0.25, 0.3) is 5.91 Å². The fourth-order valence-electron chi connectivity index (χ4n) is 2.82. The predicted molar refractivity (Wildman–Crippen MR) is 135 cm³/mol. The number of nitrogen functional groups attached to an aromatic ring is 1. The Morgan fingerprint density at radius 3 is 2.03 bits per heavy atom. The third-order valence-corrected chi connectivity index (χ3v) is 4.56. The van der Waals surface area contributed by atoms with Crippen LogP contribution in [0, 0.1) is 5.41 Å². The molecule has 2 rings (SSSR count). The Labute approximate surface area is 211 Å². The molecule has 0 aliphatic rings. The molecule has 0 saturated carbocycles. The van der Waals surface area contributed by atoms with Gasteiger partial charge < -0.3 is 25.3 Å². The van der Waals surface area contributed by atoms with Gasteiger partial charge in [-0.05, 0) is 64.1 Å². The van der Waals surface area contributed by atoms with Crippen LogP contribution in [0.25, 0.3) is 0 Å². The van der Waals surface area contributed by atoms with Crippen LogP contribution in [0.2, 0.25) is 0 Å². The molecule has 0 radical (unpaired) electrons. The number of ether oxygens (including phenoxy) is 3. The third kappa shape index (κ3) is 9.76. The van der Waals surface area contributed by atoms with Crippen LogP contribution in [0.15, 0.2) is 48.5 Å². The Morgan fingerprint density at radius 1 is 0.971 bits per heavy atom. The molecular weight excluding hydrogens is 474 g/mol. The lowest BCUT2D eigenvalue weighted by atomic mass is 10.0. The van der Waals surface area contributed by atoms with E-state index in [2.05, 4.69) is 5.32 Å². The highest BCUT2D eigenvalue weighted by Gasteiger charge is 2.25.